The van der Waals surface area contributed by atoms with Gasteiger partial charge in [0.05, 0.1) is 0 Å². The minimum atomic E-state index is 1.18. The molecule has 0 radical (unpaired) electrons. The highest BCUT2D eigenvalue weighted by Gasteiger charge is 2.16. The second kappa shape index (κ2) is 10.1. The van der Waals surface area contributed by atoms with Gasteiger partial charge in [0.25, 0.3) is 0 Å². The van der Waals surface area contributed by atoms with Crippen molar-refractivity contribution in [2.24, 2.45) is 0 Å². The van der Waals surface area contributed by atoms with Gasteiger partial charge in [-0.15, -0.1) is 0 Å². The summed E-state index contributed by atoms with van der Waals surface area (Å²) < 4.78 is 0. The Hall–Kier alpha value is -3.12. The fourth-order valence-electron chi connectivity index (χ4n) is 6.06. The van der Waals surface area contributed by atoms with E-state index in [1.807, 2.05) is 0 Å². The quantitative estimate of drug-likeness (QED) is 0.214. The van der Waals surface area contributed by atoms with Gasteiger partial charge in [-0.05, 0) is 121 Å². The van der Waals surface area contributed by atoms with Crippen LogP contribution in [0.15, 0.2) is 72.8 Å². The van der Waals surface area contributed by atoms with Crippen molar-refractivity contribution in [3.8, 4) is 22.3 Å². The summed E-state index contributed by atoms with van der Waals surface area (Å²) in [6, 6.07) is 28.4. The maximum atomic E-state index is 2.44. The highest BCUT2D eigenvalue weighted by Crippen LogP contribution is 2.33. The van der Waals surface area contributed by atoms with E-state index in [1.54, 1.807) is 22.3 Å². The zero-order chi connectivity index (χ0) is 24.5. The maximum absolute atomic E-state index is 2.44. The van der Waals surface area contributed by atoms with Crippen LogP contribution in [-0.2, 0) is 38.5 Å². The molecule has 36 heavy (non-hydrogen) atoms. The molecule has 2 aliphatic carbocycles. The van der Waals surface area contributed by atoms with E-state index < -0.39 is 0 Å². The van der Waals surface area contributed by atoms with Crippen molar-refractivity contribution in [3.63, 3.8) is 0 Å². The molecule has 0 amide bonds. The monoisotopic (exact) mass is 470 g/mol. The molecule has 0 unspecified atom stereocenters. The molecule has 182 valence electrons. The van der Waals surface area contributed by atoms with E-state index in [2.05, 4.69) is 86.6 Å². The van der Waals surface area contributed by atoms with E-state index in [0.717, 1.165) is 0 Å². The van der Waals surface area contributed by atoms with Crippen molar-refractivity contribution in [1.29, 1.82) is 0 Å². The molecule has 0 aromatic heterocycles. The minimum absolute atomic E-state index is 1.18. The fourth-order valence-corrected chi connectivity index (χ4v) is 6.06. The summed E-state index contributed by atoms with van der Waals surface area (Å²) in [5, 5.41) is 0. The molecule has 0 heteroatoms. The Kier molecular flexibility index (Phi) is 6.53. The zero-order valence-electron chi connectivity index (χ0n) is 22.0. The van der Waals surface area contributed by atoms with Crippen LogP contribution in [0.4, 0.5) is 0 Å². The van der Waals surface area contributed by atoms with Crippen LogP contribution in [-0.4, -0.2) is 0 Å². The molecule has 2 aliphatic rings. The molecule has 0 saturated heterocycles. The predicted octanol–water partition coefficient (Wildman–Crippen LogP) is 9.18. The van der Waals surface area contributed by atoms with E-state index in [4.69, 9.17) is 0 Å². The molecule has 4 aromatic rings. The van der Waals surface area contributed by atoms with Crippen LogP contribution in [0, 0.1) is 13.8 Å². The summed E-state index contributed by atoms with van der Waals surface area (Å²) in [5.41, 5.74) is 17.7. The molecule has 0 N–H and O–H groups in total. The smallest absolute Gasteiger partial charge is 0.0149 e. The standard InChI is InChI=1S/C36H38/c1-25-9-11-29(35(21-25)33-19-15-27-13-17-31(27)23-33)7-5-3-4-6-8-30-12-10-26(2)22-36(30)34-20-16-28-14-18-32(28)24-34/h9-12,15-16,19-24H,3-8,13-14,17-18H2,1-2H3. The number of benzene rings is 4. The number of fused-ring (bicyclic) bond motifs is 2. The molecule has 4 aromatic carbocycles. The van der Waals surface area contributed by atoms with Crippen LogP contribution in [0.5, 0.6) is 0 Å². The number of aryl methyl sites for hydroxylation is 8. The molecule has 0 heterocycles. The molecular weight excluding hydrogens is 432 g/mol. The zero-order valence-corrected chi connectivity index (χ0v) is 22.0. The topological polar surface area (TPSA) is 0 Å². The number of unbranched alkanes of at least 4 members (excludes halogenated alkanes) is 3. The second-order valence-corrected chi connectivity index (χ2v) is 11.2. The van der Waals surface area contributed by atoms with Crippen molar-refractivity contribution >= 4 is 0 Å². The van der Waals surface area contributed by atoms with E-state index in [0.29, 0.717) is 0 Å². The van der Waals surface area contributed by atoms with Gasteiger partial charge in [0.1, 0.15) is 0 Å². The van der Waals surface area contributed by atoms with Gasteiger partial charge in [-0.2, -0.15) is 0 Å². The highest BCUT2D eigenvalue weighted by atomic mass is 14.2. The lowest BCUT2D eigenvalue weighted by Gasteiger charge is -2.20. The Labute approximate surface area is 217 Å². The lowest BCUT2D eigenvalue weighted by molar-refractivity contribution is 0.641. The summed E-state index contributed by atoms with van der Waals surface area (Å²) in [4.78, 5) is 0. The normalized spacial score (nSPS) is 13.5. The van der Waals surface area contributed by atoms with Gasteiger partial charge in [-0.1, -0.05) is 96.8 Å². The number of hydrogen-bond donors (Lipinski definition) is 0. The van der Waals surface area contributed by atoms with Crippen molar-refractivity contribution in [3.05, 3.63) is 117 Å². The van der Waals surface area contributed by atoms with E-state index >= 15 is 0 Å². The molecule has 0 nitrogen and oxygen atoms in total. The third-order valence-electron chi connectivity index (χ3n) is 8.53. The van der Waals surface area contributed by atoms with Gasteiger partial charge < -0.3 is 0 Å². The van der Waals surface area contributed by atoms with Crippen molar-refractivity contribution < 1.29 is 0 Å². The lowest BCUT2D eigenvalue weighted by Crippen LogP contribution is -2.07. The summed E-state index contributed by atoms with van der Waals surface area (Å²) >= 11 is 0. The molecule has 0 saturated carbocycles. The van der Waals surface area contributed by atoms with Gasteiger partial charge in [-0.3, -0.25) is 0 Å². The molecule has 0 bridgehead atoms. The SMILES string of the molecule is Cc1ccc(CCCCCCc2ccc(C)cc2-c2ccc3c(c2)CC3)c(-c2ccc3c(c2)CC3)c1. The Bertz CT molecular complexity index is 1290. The molecule has 0 aliphatic heterocycles. The Morgan fingerprint density at radius 1 is 0.444 bits per heavy atom. The van der Waals surface area contributed by atoms with E-state index in [9.17, 15) is 0 Å². The van der Waals surface area contributed by atoms with E-state index in [1.165, 1.54) is 109 Å². The number of hydrogen-bond acceptors (Lipinski definition) is 0. The van der Waals surface area contributed by atoms with Crippen LogP contribution in [0.2, 0.25) is 0 Å². The average Bonchev–Trinajstić information content (AvgIpc) is 2.84. The second-order valence-electron chi connectivity index (χ2n) is 11.2. The Morgan fingerprint density at radius 2 is 0.889 bits per heavy atom. The Balaban J connectivity index is 1.06. The van der Waals surface area contributed by atoms with Gasteiger partial charge in [0.2, 0.25) is 0 Å². The van der Waals surface area contributed by atoms with Crippen LogP contribution in [0.3, 0.4) is 0 Å². The largest absolute Gasteiger partial charge is 0.0590 e. The lowest BCUT2D eigenvalue weighted by atomic mass is 9.84. The van der Waals surface area contributed by atoms with Crippen molar-refractivity contribution in [2.75, 3.05) is 0 Å². The molecular formula is C36H38. The minimum Gasteiger partial charge on any atom is -0.0590 e. The van der Waals surface area contributed by atoms with Crippen LogP contribution < -0.4 is 0 Å². The summed E-state index contributed by atoms with van der Waals surface area (Å²) in [6.07, 6.45) is 12.5. The van der Waals surface area contributed by atoms with Gasteiger partial charge in [0, 0.05) is 0 Å². The summed E-state index contributed by atoms with van der Waals surface area (Å²) in [7, 11) is 0. The third kappa shape index (κ3) is 4.79. The molecule has 6 rings (SSSR count). The number of rotatable bonds is 9. The first-order valence-electron chi connectivity index (χ1n) is 14.1. The van der Waals surface area contributed by atoms with E-state index in [-0.39, 0.29) is 0 Å². The maximum Gasteiger partial charge on any atom is -0.0149 e. The first kappa shape index (κ1) is 23.3. The molecule has 0 atom stereocenters. The van der Waals surface area contributed by atoms with Gasteiger partial charge in [0.15, 0.2) is 0 Å². The summed E-state index contributed by atoms with van der Waals surface area (Å²) in [6.45, 7) is 4.43. The predicted molar refractivity (Wildman–Crippen MR) is 154 cm³/mol. The van der Waals surface area contributed by atoms with Gasteiger partial charge in [-0.25, -0.2) is 0 Å². The average molecular weight is 471 g/mol. The summed E-state index contributed by atoms with van der Waals surface area (Å²) in [5.74, 6) is 0. The highest BCUT2D eigenvalue weighted by molar-refractivity contribution is 5.71. The Morgan fingerprint density at radius 3 is 1.28 bits per heavy atom. The van der Waals surface area contributed by atoms with Crippen LogP contribution in [0.25, 0.3) is 22.3 Å². The molecule has 0 spiro atoms. The molecule has 0 fully saturated rings. The van der Waals surface area contributed by atoms with Crippen LogP contribution >= 0.6 is 0 Å². The van der Waals surface area contributed by atoms with Gasteiger partial charge >= 0.3 is 0 Å². The van der Waals surface area contributed by atoms with Crippen molar-refractivity contribution in [2.45, 2.75) is 78.1 Å². The first-order valence-corrected chi connectivity index (χ1v) is 14.1. The van der Waals surface area contributed by atoms with Crippen LogP contribution in [0.1, 0.15) is 70.2 Å². The third-order valence-corrected chi connectivity index (χ3v) is 8.53. The fraction of sp³-hybridized carbons (Fsp3) is 0.333. The van der Waals surface area contributed by atoms with Crippen molar-refractivity contribution in [1.82, 2.24) is 0 Å². The first-order chi connectivity index (χ1) is 17.6.